The van der Waals surface area contributed by atoms with E-state index in [1.54, 1.807) is 31.2 Å². The highest BCUT2D eigenvalue weighted by molar-refractivity contribution is 5.97. The first kappa shape index (κ1) is 55.4. The molecule has 12 rings (SSSR count). The summed E-state index contributed by atoms with van der Waals surface area (Å²) in [6.07, 6.45) is 18.2. The first-order valence-electron chi connectivity index (χ1n) is 27.7. The molecular weight excluding hydrogens is 1030 g/mol. The van der Waals surface area contributed by atoms with E-state index in [9.17, 15) is 14.0 Å². The highest BCUT2D eigenvalue weighted by atomic mass is 19.1. The van der Waals surface area contributed by atoms with E-state index in [0.29, 0.717) is 99.0 Å². The van der Waals surface area contributed by atoms with E-state index in [1.165, 1.54) is 18.7 Å². The number of carbonyl (C=O) groups excluding carboxylic acids is 2. The number of ether oxygens (including phenoxy) is 7. The molecule has 18 heteroatoms. The smallest absolute Gasteiger partial charge is 0.159 e. The standard InChI is InChI=1S/C32H33FN4O4.C31H32N4O5/c1-21-13-25(6-7-28(21)33)36-32-27-15-24(23(16-29(27)34-20-35-32)5-4-22-8-10-39-19-22)14-26(38)3-2-9-37-17-30-31(18-37)41-12-11-40-30;1-2-21-5-3-6-23(13-21)34-31-26-15-22(28(16-27(26)32-20-33-31)40-25-8-10-37-19-25)14-24(36)7-4-9-35-17-29-30(18-35)39-12-11-38-29/h2-3,6-7,13,15-16,20,22,30-31H,8-12,14,17-19H2,1H3,(H,34,35,36);1,3-7,13,15-16,20,25,29-30H,8-12,14,17-19H2,(H,32,33,34)/b3-2+;7-4+/t22?,30-,31+;25-,29-,30+/m.0/s1. The molecule has 4 aromatic carbocycles. The fourth-order valence-corrected chi connectivity index (χ4v) is 10.8. The molecule has 0 aliphatic carbocycles. The maximum Gasteiger partial charge on any atom is 0.159 e. The Kier molecular flexibility index (Phi) is 18.1. The van der Waals surface area contributed by atoms with Gasteiger partial charge in [-0.25, -0.2) is 24.3 Å². The van der Waals surface area contributed by atoms with Crippen LogP contribution in [0.25, 0.3) is 21.8 Å². The van der Waals surface area contributed by atoms with Crippen molar-refractivity contribution in [3.63, 3.8) is 0 Å². The van der Waals surface area contributed by atoms with Gasteiger partial charge in [-0.3, -0.25) is 19.4 Å². The summed E-state index contributed by atoms with van der Waals surface area (Å²) < 4.78 is 54.3. The second-order valence-electron chi connectivity index (χ2n) is 21.0. The van der Waals surface area contributed by atoms with Crippen molar-refractivity contribution in [3.8, 4) is 29.9 Å². The Morgan fingerprint density at radius 2 is 1.27 bits per heavy atom. The molecule has 0 amide bonds. The van der Waals surface area contributed by atoms with E-state index < -0.39 is 0 Å². The molecule has 2 aromatic heterocycles. The van der Waals surface area contributed by atoms with Crippen LogP contribution in [-0.2, 0) is 50.9 Å². The number of rotatable bonds is 16. The van der Waals surface area contributed by atoms with Crippen LogP contribution in [0, 0.1) is 42.8 Å². The summed E-state index contributed by atoms with van der Waals surface area (Å²) in [5.74, 6) is 11.0. The second-order valence-corrected chi connectivity index (χ2v) is 21.0. The number of allylic oxidation sites excluding steroid dienone is 2. The van der Waals surface area contributed by atoms with Crippen molar-refractivity contribution in [2.24, 2.45) is 5.92 Å². The van der Waals surface area contributed by atoms with Crippen molar-refractivity contribution in [3.05, 3.63) is 137 Å². The van der Waals surface area contributed by atoms with E-state index in [2.05, 4.69) is 58.1 Å². The second kappa shape index (κ2) is 26.4. The third-order valence-corrected chi connectivity index (χ3v) is 15.1. The number of carbonyl (C=O) groups is 2. The van der Waals surface area contributed by atoms with E-state index in [1.807, 2.05) is 60.7 Å². The van der Waals surface area contributed by atoms with Crippen LogP contribution in [0.1, 0.15) is 40.7 Å². The van der Waals surface area contributed by atoms with Gasteiger partial charge in [0.15, 0.2) is 11.6 Å². The Balaban J connectivity index is 0.000000170. The molecule has 6 saturated heterocycles. The van der Waals surface area contributed by atoms with Crippen LogP contribution in [0.4, 0.5) is 27.4 Å². The molecule has 6 fully saturated rings. The summed E-state index contributed by atoms with van der Waals surface area (Å²) in [6, 6.07) is 20.1. The summed E-state index contributed by atoms with van der Waals surface area (Å²) in [6.45, 7) is 11.4. The normalized spacial score (nSPS) is 22.7. The van der Waals surface area contributed by atoms with Gasteiger partial charge in [0.25, 0.3) is 0 Å². The van der Waals surface area contributed by atoms with E-state index >= 15 is 0 Å². The van der Waals surface area contributed by atoms with Crippen molar-refractivity contribution in [2.45, 2.75) is 63.1 Å². The molecule has 6 aliphatic rings. The number of fused-ring (bicyclic) bond motifs is 4. The van der Waals surface area contributed by atoms with Gasteiger partial charge in [0.05, 0.1) is 81.7 Å². The summed E-state index contributed by atoms with van der Waals surface area (Å²) in [4.78, 5) is 48.6. The number of anilines is 4. The molecule has 2 N–H and O–H groups in total. The largest absolute Gasteiger partial charge is 0.488 e. The van der Waals surface area contributed by atoms with E-state index in [-0.39, 0.29) is 66.7 Å². The predicted octanol–water partition coefficient (Wildman–Crippen LogP) is 7.27. The average molecular weight is 1100 g/mol. The zero-order chi connectivity index (χ0) is 55.5. The fraction of sp³-hybridized carbons (Fsp3) is 0.397. The van der Waals surface area contributed by atoms with Gasteiger partial charge in [-0.05, 0) is 91.2 Å². The van der Waals surface area contributed by atoms with Crippen LogP contribution in [0.15, 0.2) is 104 Å². The third-order valence-electron chi connectivity index (χ3n) is 15.1. The molecule has 1 unspecified atom stereocenters. The van der Waals surface area contributed by atoms with Crippen molar-refractivity contribution in [1.29, 1.82) is 0 Å². The van der Waals surface area contributed by atoms with Crippen LogP contribution < -0.4 is 15.4 Å². The number of nitrogens with one attached hydrogen (secondary N) is 2. The molecule has 17 nitrogen and oxygen atoms in total. The minimum atomic E-state index is -0.266. The van der Waals surface area contributed by atoms with E-state index in [0.717, 1.165) is 84.3 Å². The number of likely N-dealkylation sites (tertiary alicyclic amines) is 2. The number of hydrogen-bond donors (Lipinski definition) is 2. The van der Waals surface area contributed by atoms with Crippen LogP contribution in [0.5, 0.6) is 5.75 Å². The Morgan fingerprint density at radius 3 is 1.85 bits per heavy atom. The lowest BCUT2D eigenvalue weighted by atomic mass is 9.98. The number of hydrogen-bond acceptors (Lipinski definition) is 17. The van der Waals surface area contributed by atoms with Crippen molar-refractivity contribution >= 4 is 56.4 Å². The zero-order valence-corrected chi connectivity index (χ0v) is 45.3. The number of terminal acetylenes is 1. The van der Waals surface area contributed by atoms with Crippen molar-refractivity contribution < 1.29 is 47.1 Å². The number of ketones is 2. The van der Waals surface area contributed by atoms with Crippen molar-refractivity contribution in [2.75, 3.05) is 103 Å². The SMILES string of the molecule is C#Cc1cccc(Nc2ncnc3cc(O[C@H]4CCOC4)c(CC(=O)/C=C/CN4C[C@@H]5OCCO[C@@H]5C4)cc23)c1.Cc1cc(Nc2ncnc3cc(C#CC4CCOC4)c(CC(=O)/C=C/CN4C[C@@H]5OCCO[C@@H]5C4)cc23)ccc1F. The van der Waals surface area contributed by atoms with Gasteiger partial charge in [-0.15, -0.1) is 6.42 Å². The molecule has 81 heavy (non-hydrogen) atoms. The summed E-state index contributed by atoms with van der Waals surface area (Å²) in [7, 11) is 0. The third kappa shape index (κ3) is 14.3. The Bertz CT molecular complexity index is 3390. The summed E-state index contributed by atoms with van der Waals surface area (Å²) in [5.41, 5.74) is 6.61. The molecule has 0 radical (unpaired) electrons. The fourth-order valence-electron chi connectivity index (χ4n) is 10.8. The molecule has 0 spiro atoms. The first-order valence-corrected chi connectivity index (χ1v) is 27.7. The summed E-state index contributed by atoms with van der Waals surface area (Å²) in [5, 5.41) is 8.18. The molecule has 418 valence electrons. The monoisotopic (exact) mass is 1100 g/mol. The molecule has 6 aliphatic heterocycles. The number of nitrogens with zero attached hydrogens (tertiary/aromatic N) is 6. The average Bonchev–Trinajstić information content (AvgIpc) is 4.38. The number of benzene rings is 4. The highest BCUT2D eigenvalue weighted by Crippen LogP contribution is 2.33. The minimum Gasteiger partial charge on any atom is -0.488 e. The Morgan fingerprint density at radius 1 is 0.691 bits per heavy atom. The maximum absolute atomic E-state index is 13.8. The lowest BCUT2D eigenvalue weighted by Gasteiger charge is -2.24. The van der Waals surface area contributed by atoms with Crippen LogP contribution >= 0.6 is 0 Å². The highest BCUT2D eigenvalue weighted by Gasteiger charge is 2.37. The van der Waals surface area contributed by atoms with Crippen molar-refractivity contribution in [1.82, 2.24) is 29.7 Å². The molecule has 0 saturated carbocycles. The predicted molar refractivity (Wildman–Crippen MR) is 304 cm³/mol. The zero-order valence-electron chi connectivity index (χ0n) is 45.3. The van der Waals surface area contributed by atoms with Crippen LogP contribution in [0.3, 0.4) is 0 Å². The quantitative estimate of drug-likeness (QED) is 0.0729. The molecule has 8 heterocycles. The molecule has 6 atom stereocenters. The van der Waals surface area contributed by atoms with Gasteiger partial charge in [0, 0.05) is 116 Å². The molecule has 6 aromatic rings. The number of aromatic nitrogens is 4. The van der Waals surface area contributed by atoms with Gasteiger partial charge < -0.3 is 43.8 Å². The maximum atomic E-state index is 13.8. The first-order chi connectivity index (χ1) is 39.7. The molecule has 0 bridgehead atoms. The minimum absolute atomic E-state index is 0.0101. The number of halogens is 1. The lowest BCUT2D eigenvalue weighted by Crippen LogP contribution is -2.36. The Hall–Kier alpha value is -7.49. The van der Waals surface area contributed by atoms with Gasteiger partial charge in [0.2, 0.25) is 0 Å². The van der Waals surface area contributed by atoms with Crippen LogP contribution in [0.2, 0.25) is 0 Å². The van der Waals surface area contributed by atoms with Gasteiger partial charge in [0.1, 0.15) is 42.0 Å². The Labute approximate surface area is 470 Å². The topological polar surface area (TPSA) is 181 Å². The van der Waals surface area contributed by atoms with Gasteiger partial charge in [-0.1, -0.05) is 36.0 Å². The van der Waals surface area contributed by atoms with Gasteiger partial charge in [-0.2, -0.15) is 0 Å². The lowest BCUT2D eigenvalue weighted by molar-refractivity contribution is -0.116. The summed E-state index contributed by atoms with van der Waals surface area (Å²) >= 11 is 0. The number of aryl methyl sites for hydroxylation is 1. The molecular formula is C63H65FN8O9. The van der Waals surface area contributed by atoms with E-state index in [4.69, 9.17) is 39.6 Å². The van der Waals surface area contributed by atoms with Crippen LogP contribution in [-0.4, -0.2) is 164 Å². The van der Waals surface area contributed by atoms with Gasteiger partial charge >= 0.3 is 0 Å².